The van der Waals surface area contributed by atoms with Gasteiger partial charge in [-0.05, 0) is 37.1 Å². The molecule has 0 atom stereocenters. The van der Waals surface area contributed by atoms with Gasteiger partial charge >= 0.3 is 0 Å². The van der Waals surface area contributed by atoms with Gasteiger partial charge in [0.2, 0.25) is 0 Å². The molecule has 8 nitrogen and oxygen atoms in total. The number of nitrogens with zero attached hydrogens (tertiary/aromatic N) is 3. The lowest BCUT2D eigenvalue weighted by atomic mass is 10.00. The predicted octanol–water partition coefficient (Wildman–Crippen LogP) is 4.50. The number of likely N-dealkylation sites (tertiary alicyclic amines) is 1. The van der Waals surface area contributed by atoms with Gasteiger partial charge in [0.05, 0.1) is 38.1 Å². The van der Waals surface area contributed by atoms with Crippen LogP contribution in [0.1, 0.15) is 12.8 Å². The molecule has 6 rings (SSSR count). The molecule has 3 heterocycles. The molecule has 1 aliphatic carbocycles. The predicted molar refractivity (Wildman–Crippen MR) is 132 cm³/mol. The van der Waals surface area contributed by atoms with Gasteiger partial charge in [-0.2, -0.15) is 0 Å². The molecule has 2 saturated heterocycles. The molecule has 184 valence electrons. The Balaban J connectivity index is 1.20. The second-order valence-electron chi connectivity index (χ2n) is 9.28. The van der Waals surface area contributed by atoms with Crippen molar-refractivity contribution in [3.63, 3.8) is 0 Å². The van der Waals surface area contributed by atoms with Crippen LogP contribution in [0.2, 0.25) is 0 Å². The normalized spacial score (nSPS) is 20.1. The summed E-state index contributed by atoms with van der Waals surface area (Å²) >= 11 is 3.28. The highest BCUT2D eigenvalue weighted by Crippen LogP contribution is 2.61. The number of hydrogen-bond acceptors (Lipinski definition) is 8. The molecule has 2 spiro atoms. The average molecular weight is 545 g/mol. The average Bonchev–Trinajstić information content (AvgIpc) is 3.36. The van der Waals surface area contributed by atoms with Gasteiger partial charge in [0, 0.05) is 34.4 Å². The van der Waals surface area contributed by atoms with E-state index in [9.17, 15) is 4.39 Å². The maximum absolute atomic E-state index is 14.4. The van der Waals surface area contributed by atoms with Crippen molar-refractivity contribution in [1.82, 2.24) is 14.9 Å². The van der Waals surface area contributed by atoms with Crippen LogP contribution < -0.4 is 14.8 Å². The zero-order chi connectivity index (χ0) is 24.0. The number of aromatic nitrogens is 2. The van der Waals surface area contributed by atoms with Crippen molar-refractivity contribution in [2.75, 3.05) is 51.9 Å². The van der Waals surface area contributed by atoms with Gasteiger partial charge in [0.15, 0.2) is 17.3 Å². The number of hydrogen-bond donors (Lipinski definition) is 1. The van der Waals surface area contributed by atoms with Gasteiger partial charge in [-0.15, -0.1) is 0 Å². The maximum atomic E-state index is 14.4. The molecule has 0 radical (unpaired) electrons. The van der Waals surface area contributed by atoms with E-state index in [0.29, 0.717) is 58.2 Å². The maximum Gasteiger partial charge on any atom is 0.188 e. The molecule has 3 fully saturated rings. The summed E-state index contributed by atoms with van der Waals surface area (Å²) in [5.74, 6) is 0.821. The zero-order valence-electron chi connectivity index (χ0n) is 19.4. The van der Waals surface area contributed by atoms with Gasteiger partial charge in [0.25, 0.3) is 0 Å². The number of rotatable bonds is 7. The van der Waals surface area contributed by atoms with Crippen LogP contribution in [0, 0.1) is 11.2 Å². The Labute approximate surface area is 210 Å². The summed E-state index contributed by atoms with van der Waals surface area (Å²) in [5.41, 5.74) is 1.13. The lowest BCUT2D eigenvalue weighted by molar-refractivity contribution is -0.182. The number of benzene rings is 2. The fourth-order valence-corrected chi connectivity index (χ4v) is 5.54. The lowest BCUT2D eigenvalue weighted by Gasteiger charge is -2.28. The molecular weight excluding hydrogens is 519 g/mol. The van der Waals surface area contributed by atoms with E-state index < -0.39 is 5.79 Å². The van der Waals surface area contributed by atoms with Gasteiger partial charge < -0.3 is 24.3 Å². The lowest BCUT2D eigenvalue weighted by Crippen LogP contribution is -2.41. The fraction of sp³-hybridized carbons (Fsp3) is 0.440. The number of halogens is 2. The van der Waals surface area contributed by atoms with Crippen LogP contribution in [0.5, 0.6) is 11.5 Å². The summed E-state index contributed by atoms with van der Waals surface area (Å²) in [5, 5.41) is 3.78. The largest absolute Gasteiger partial charge is 0.493 e. The minimum Gasteiger partial charge on any atom is -0.493 e. The van der Waals surface area contributed by atoms with E-state index in [4.69, 9.17) is 18.9 Å². The van der Waals surface area contributed by atoms with Crippen LogP contribution in [0.15, 0.2) is 41.1 Å². The smallest absolute Gasteiger partial charge is 0.188 e. The first-order chi connectivity index (χ1) is 17.0. The van der Waals surface area contributed by atoms with E-state index in [-0.39, 0.29) is 11.2 Å². The number of anilines is 2. The Hall–Kier alpha value is -2.53. The summed E-state index contributed by atoms with van der Waals surface area (Å²) in [6.45, 7) is 4.30. The molecule has 1 saturated carbocycles. The van der Waals surface area contributed by atoms with Gasteiger partial charge in [-0.3, -0.25) is 4.90 Å². The van der Waals surface area contributed by atoms with Crippen molar-refractivity contribution in [2.45, 2.75) is 18.6 Å². The van der Waals surface area contributed by atoms with E-state index in [1.165, 1.54) is 12.4 Å². The van der Waals surface area contributed by atoms with Crippen LogP contribution in [0.25, 0.3) is 10.9 Å². The summed E-state index contributed by atoms with van der Waals surface area (Å²) in [6.07, 6.45) is 3.74. The second kappa shape index (κ2) is 8.85. The van der Waals surface area contributed by atoms with Crippen LogP contribution in [-0.4, -0.2) is 67.2 Å². The number of ether oxygens (including phenoxy) is 4. The summed E-state index contributed by atoms with van der Waals surface area (Å²) in [7, 11) is 1.60. The Morgan fingerprint density at radius 2 is 1.94 bits per heavy atom. The monoisotopic (exact) mass is 544 g/mol. The van der Waals surface area contributed by atoms with Crippen molar-refractivity contribution in [3.8, 4) is 11.5 Å². The van der Waals surface area contributed by atoms with Crippen LogP contribution >= 0.6 is 15.9 Å². The van der Waals surface area contributed by atoms with Crippen LogP contribution in [0.4, 0.5) is 15.9 Å². The second-order valence-corrected chi connectivity index (χ2v) is 10.2. The van der Waals surface area contributed by atoms with Gasteiger partial charge in [0.1, 0.15) is 24.6 Å². The Kier molecular flexibility index (Phi) is 5.79. The minimum atomic E-state index is -0.437. The highest BCUT2D eigenvalue weighted by Gasteiger charge is 2.67. The molecule has 1 N–H and O–H groups in total. The van der Waals surface area contributed by atoms with Crippen LogP contribution in [0.3, 0.4) is 0 Å². The molecule has 2 aromatic carbocycles. The van der Waals surface area contributed by atoms with Crippen molar-refractivity contribution in [2.24, 2.45) is 5.41 Å². The van der Waals surface area contributed by atoms with Crippen molar-refractivity contribution in [1.29, 1.82) is 0 Å². The van der Waals surface area contributed by atoms with E-state index in [0.717, 1.165) is 32.5 Å². The number of fused-ring (bicyclic) bond motifs is 2. The highest BCUT2D eigenvalue weighted by atomic mass is 79.9. The van der Waals surface area contributed by atoms with Crippen LogP contribution in [-0.2, 0) is 9.47 Å². The first-order valence-corrected chi connectivity index (χ1v) is 12.5. The third-order valence-corrected chi connectivity index (χ3v) is 7.64. The SMILES string of the molecule is COc1cc2ncnc(Nc3ccc(Br)cc3F)c2cc1OCCN1CC2(CC2)C2(C1)OCCO2. The van der Waals surface area contributed by atoms with E-state index in [1.54, 1.807) is 25.3 Å². The molecule has 0 amide bonds. The Bertz CT molecular complexity index is 1270. The first-order valence-electron chi connectivity index (χ1n) is 11.7. The van der Waals surface area contributed by atoms with E-state index in [1.807, 2.05) is 6.07 Å². The van der Waals surface area contributed by atoms with Crippen molar-refractivity contribution >= 4 is 38.3 Å². The molecular formula is C25H26BrFN4O4. The number of nitrogens with one attached hydrogen (secondary N) is 1. The molecule has 3 aliphatic rings. The standard InChI is InChI=1S/C25H26BrFN4O4/c1-32-21-12-20-17(23(29-15-28-20)30-19-3-2-16(26)10-18(19)27)11-22(21)33-7-6-31-13-24(4-5-24)25(14-31)34-8-9-35-25/h2-3,10-12,15H,4-9,13-14H2,1H3,(H,28,29,30). The molecule has 1 aromatic heterocycles. The third kappa shape index (κ3) is 4.12. The van der Waals surface area contributed by atoms with Gasteiger partial charge in [-0.25, -0.2) is 14.4 Å². The molecule has 2 aliphatic heterocycles. The Morgan fingerprint density at radius 1 is 1.11 bits per heavy atom. The topological polar surface area (TPSA) is 78.0 Å². The van der Waals surface area contributed by atoms with E-state index in [2.05, 4.69) is 36.1 Å². The quantitative estimate of drug-likeness (QED) is 0.465. The van der Waals surface area contributed by atoms with E-state index >= 15 is 0 Å². The fourth-order valence-electron chi connectivity index (χ4n) is 5.21. The zero-order valence-corrected chi connectivity index (χ0v) is 20.9. The summed E-state index contributed by atoms with van der Waals surface area (Å²) in [6, 6.07) is 8.47. The minimum absolute atomic E-state index is 0.143. The first kappa shape index (κ1) is 22.9. The Morgan fingerprint density at radius 3 is 2.69 bits per heavy atom. The third-order valence-electron chi connectivity index (χ3n) is 7.14. The van der Waals surface area contributed by atoms with Crippen molar-refractivity contribution in [3.05, 3.63) is 46.9 Å². The molecule has 0 bridgehead atoms. The molecule has 0 unspecified atom stereocenters. The number of methoxy groups -OCH3 is 1. The molecule has 10 heteroatoms. The summed E-state index contributed by atoms with van der Waals surface area (Å²) in [4.78, 5) is 11.0. The molecule has 35 heavy (non-hydrogen) atoms. The van der Waals surface area contributed by atoms with Crippen molar-refractivity contribution < 1.29 is 23.3 Å². The van der Waals surface area contributed by atoms with Gasteiger partial charge in [-0.1, -0.05) is 15.9 Å². The molecule has 3 aromatic rings. The highest BCUT2D eigenvalue weighted by molar-refractivity contribution is 9.10. The summed E-state index contributed by atoms with van der Waals surface area (Å²) < 4.78 is 38.9.